The normalized spacial score (nSPS) is 12.6. The number of hydrogen-bond donors (Lipinski definition) is 1. The summed E-state index contributed by atoms with van der Waals surface area (Å²) < 4.78 is 10.5. The van der Waals surface area contributed by atoms with Crippen LogP contribution in [0.25, 0.3) is 0 Å². The van der Waals surface area contributed by atoms with Crippen LogP contribution in [0.1, 0.15) is 20.8 Å². The molecular weight excluding hydrogens is 234 g/mol. The largest absolute Gasteiger partial charge is 0.493 e. The van der Waals surface area contributed by atoms with Crippen LogP contribution in [0, 0.1) is 5.92 Å². The van der Waals surface area contributed by atoms with Crippen LogP contribution >= 0.6 is 11.8 Å². The molecule has 2 N–H and O–H groups in total. The van der Waals surface area contributed by atoms with Gasteiger partial charge in [-0.3, -0.25) is 0 Å². The lowest BCUT2D eigenvalue weighted by atomic mass is 10.2. The van der Waals surface area contributed by atoms with Gasteiger partial charge < -0.3 is 15.2 Å². The molecule has 1 aromatic carbocycles. The predicted molar refractivity (Wildman–Crippen MR) is 74.1 cm³/mol. The molecule has 0 saturated heterocycles. The minimum Gasteiger partial charge on any atom is -0.493 e. The fourth-order valence-electron chi connectivity index (χ4n) is 1.31. The van der Waals surface area contributed by atoms with E-state index in [1.807, 2.05) is 12.1 Å². The Bertz CT molecular complexity index is 380. The second-order valence-electron chi connectivity index (χ2n) is 4.31. The Labute approximate surface area is 108 Å². The number of thioether (sulfide) groups is 1. The zero-order valence-corrected chi connectivity index (χ0v) is 11.9. The monoisotopic (exact) mass is 255 g/mol. The molecular formula is C13H21NO2S. The SMILES string of the molecule is COc1cc(N)c(SC(C)C(C)C)cc1OC. The molecule has 0 bridgehead atoms. The molecule has 0 aliphatic heterocycles. The molecule has 0 aliphatic rings. The molecule has 1 atom stereocenters. The van der Waals surface area contributed by atoms with E-state index in [2.05, 4.69) is 20.8 Å². The zero-order valence-electron chi connectivity index (χ0n) is 11.1. The molecule has 0 heterocycles. The van der Waals surface area contributed by atoms with Crippen molar-refractivity contribution in [2.24, 2.45) is 5.92 Å². The second-order valence-corrected chi connectivity index (χ2v) is 5.73. The van der Waals surface area contributed by atoms with Crippen LogP contribution < -0.4 is 15.2 Å². The lowest BCUT2D eigenvalue weighted by Gasteiger charge is -2.17. The molecule has 0 saturated carbocycles. The summed E-state index contributed by atoms with van der Waals surface area (Å²) in [5, 5.41) is 0.510. The van der Waals surface area contributed by atoms with E-state index in [0.717, 1.165) is 16.3 Å². The van der Waals surface area contributed by atoms with Gasteiger partial charge in [-0.05, 0) is 12.0 Å². The third kappa shape index (κ3) is 3.46. The number of hydrogen-bond acceptors (Lipinski definition) is 4. The van der Waals surface area contributed by atoms with E-state index in [1.54, 1.807) is 26.0 Å². The van der Waals surface area contributed by atoms with Crippen molar-refractivity contribution >= 4 is 17.4 Å². The molecule has 0 fully saturated rings. The van der Waals surface area contributed by atoms with Crippen molar-refractivity contribution in [2.75, 3.05) is 20.0 Å². The molecule has 0 aliphatic carbocycles. The highest BCUT2D eigenvalue weighted by Crippen LogP contribution is 2.39. The maximum atomic E-state index is 6.01. The Balaban J connectivity index is 3.00. The average molecular weight is 255 g/mol. The highest BCUT2D eigenvalue weighted by Gasteiger charge is 2.14. The maximum Gasteiger partial charge on any atom is 0.162 e. The van der Waals surface area contributed by atoms with Crippen molar-refractivity contribution in [1.82, 2.24) is 0 Å². The Morgan fingerprint density at radius 3 is 2.06 bits per heavy atom. The van der Waals surface area contributed by atoms with Gasteiger partial charge in [-0.2, -0.15) is 0 Å². The van der Waals surface area contributed by atoms with Gasteiger partial charge in [0.15, 0.2) is 11.5 Å². The van der Waals surface area contributed by atoms with E-state index in [4.69, 9.17) is 15.2 Å². The van der Waals surface area contributed by atoms with E-state index in [0.29, 0.717) is 16.9 Å². The van der Waals surface area contributed by atoms with Gasteiger partial charge in [0, 0.05) is 21.9 Å². The first kappa shape index (κ1) is 14.0. The van der Waals surface area contributed by atoms with Crippen molar-refractivity contribution < 1.29 is 9.47 Å². The fourth-order valence-corrected chi connectivity index (χ4v) is 2.36. The van der Waals surface area contributed by atoms with E-state index in [-0.39, 0.29) is 0 Å². The number of benzene rings is 1. The second kappa shape index (κ2) is 6.05. The van der Waals surface area contributed by atoms with Gasteiger partial charge in [0.05, 0.1) is 14.2 Å². The summed E-state index contributed by atoms with van der Waals surface area (Å²) in [5.74, 6) is 2.00. The van der Waals surface area contributed by atoms with Crippen LogP contribution in [-0.2, 0) is 0 Å². The van der Waals surface area contributed by atoms with Crippen LogP contribution in [0.2, 0.25) is 0 Å². The van der Waals surface area contributed by atoms with Crippen molar-refractivity contribution in [3.05, 3.63) is 12.1 Å². The van der Waals surface area contributed by atoms with Crippen molar-refractivity contribution in [1.29, 1.82) is 0 Å². The van der Waals surface area contributed by atoms with Crippen molar-refractivity contribution in [3.8, 4) is 11.5 Å². The first-order valence-electron chi connectivity index (χ1n) is 5.67. The molecule has 1 aromatic rings. The maximum absolute atomic E-state index is 6.01. The lowest BCUT2D eigenvalue weighted by molar-refractivity contribution is 0.354. The van der Waals surface area contributed by atoms with Gasteiger partial charge in [-0.25, -0.2) is 0 Å². The van der Waals surface area contributed by atoms with Crippen LogP contribution in [-0.4, -0.2) is 19.5 Å². The molecule has 1 unspecified atom stereocenters. The summed E-state index contributed by atoms with van der Waals surface area (Å²) in [4.78, 5) is 1.05. The van der Waals surface area contributed by atoms with Gasteiger partial charge in [-0.15, -0.1) is 11.8 Å². The van der Waals surface area contributed by atoms with Crippen LogP contribution in [0.3, 0.4) is 0 Å². The first-order valence-corrected chi connectivity index (χ1v) is 6.55. The Morgan fingerprint density at radius 2 is 1.59 bits per heavy atom. The summed E-state index contributed by atoms with van der Waals surface area (Å²) in [5.41, 5.74) is 6.75. The quantitative estimate of drug-likeness (QED) is 0.647. The van der Waals surface area contributed by atoms with Crippen LogP contribution in [0.15, 0.2) is 17.0 Å². The number of nitrogen functional groups attached to an aromatic ring is 1. The molecule has 1 rings (SSSR count). The first-order chi connectivity index (χ1) is 7.99. The van der Waals surface area contributed by atoms with Gasteiger partial charge in [0.2, 0.25) is 0 Å². The van der Waals surface area contributed by atoms with Gasteiger partial charge in [0.1, 0.15) is 0 Å². The third-order valence-corrected chi connectivity index (χ3v) is 4.29. The molecule has 0 amide bonds. The summed E-state index contributed by atoms with van der Waals surface area (Å²) in [7, 11) is 3.25. The van der Waals surface area contributed by atoms with E-state index in [1.165, 1.54) is 0 Å². The smallest absolute Gasteiger partial charge is 0.162 e. The number of anilines is 1. The van der Waals surface area contributed by atoms with E-state index < -0.39 is 0 Å². The highest BCUT2D eigenvalue weighted by atomic mass is 32.2. The highest BCUT2D eigenvalue weighted by molar-refractivity contribution is 8.00. The van der Waals surface area contributed by atoms with Gasteiger partial charge in [0.25, 0.3) is 0 Å². The predicted octanol–water partition coefficient (Wildman–Crippen LogP) is 3.42. The van der Waals surface area contributed by atoms with Crippen LogP contribution in [0.4, 0.5) is 5.69 Å². The van der Waals surface area contributed by atoms with Crippen molar-refractivity contribution in [3.63, 3.8) is 0 Å². The molecule has 17 heavy (non-hydrogen) atoms. The number of methoxy groups -OCH3 is 2. The molecule has 0 spiro atoms. The minimum absolute atomic E-state index is 0.510. The van der Waals surface area contributed by atoms with Gasteiger partial charge >= 0.3 is 0 Å². The van der Waals surface area contributed by atoms with E-state index in [9.17, 15) is 0 Å². The number of rotatable bonds is 5. The zero-order chi connectivity index (χ0) is 13.0. The number of nitrogens with two attached hydrogens (primary N) is 1. The molecule has 3 nitrogen and oxygen atoms in total. The van der Waals surface area contributed by atoms with Crippen molar-refractivity contribution in [2.45, 2.75) is 30.9 Å². The number of ether oxygens (including phenoxy) is 2. The summed E-state index contributed by atoms with van der Waals surface area (Å²) >= 11 is 1.77. The Hall–Kier alpha value is -1.03. The average Bonchev–Trinajstić information content (AvgIpc) is 2.30. The third-order valence-electron chi connectivity index (χ3n) is 2.77. The molecule has 0 aromatic heterocycles. The Morgan fingerprint density at radius 1 is 1.06 bits per heavy atom. The summed E-state index contributed by atoms with van der Waals surface area (Å²) in [6, 6.07) is 3.76. The minimum atomic E-state index is 0.510. The standard InChI is InChI=1S/C13H21NO2S/c1-8(2)9(3)17-13-7-12(16-5)11(15-4)6-10(13)14/h6-9H,14H2,1-5H3. The molecule has 4 heteroatoms. The summed E-state index contributed by atoms with van der Waals surface area (Å²) in [6.45, 7) is 6.61. The van der Waals surface area contributed by atoms with Crippen LogP contribution in [0.5, 0.6) is 11.5 Å². The van der Waals surface area contributed by atoms with E-state index >= 15 is 0 Å². The molecule has 96 valence electrons. The molecule has 0 radical (unpaired) electrons. The van der Waals surface area contributed by atoms with Gasteiger partial charge in [-0.1, -0.05) is 20.8 Å². The Kier molecular flexibility index (Phi) is 5.00. The fraction of sp³-hybridized carbons (Fsp3) is 0.538. The lowest BCUT2D eigenvalue weighted by Crippen LogP contribution is -2.06. The topological polar surface area (TPSA) is 44.5 Å². The summed E-state index contributed by atoms with van der Waals surface area (Å²) in [6.07, 6.45) is 0.